The molecule has 0 aliphatic heterocycles. The summed E-state index contributed by atoms with van der Waals surface area (Å²) in [5.41, 5.74) is 1.06. The van der Waals surface area contributed by atoms with Gasteiger partial charge in [-0.1, -0.05) is 0 Å². The minimum absolute atomic E-state index is 0.987. The van der Waals surface area contributed by atoms with Gasteiger partial charge in [0.25, 0.3) is 0 Å². The Hall–Kier alpha value is -0.505. The van der Waals surface area contributed by atoms with Crippen LogP contribution in [-0.4, -0.2) is 13.0 Å². The van der Waals surface area contributed by atoms with Crippen molar-refractivity contribution in [2.24, 2.45) is 0 Å². The molecule has 0 fully saturated rings. The van der Waals surface area contributed by atoms with Gasteiger partial charge in [-0.15, -0.1) is 0 Å². The van der Waals surface area contributed by atoms with Gasteiger partial charge >= 0.3 is 83.6 Å². The summed E-state index contributed by atoms with van der Waals surface area (Å²) in [6, 6.07) is 0. The van der Waals surface area contributed by atoms with Crippen molar-refractivity contribution in [2.45, 2.75) is 58.8 Å². The molecular weight excluding hydrogens is 155 g/mol. The fourth-order valence-electron chi connectivity index (χ4n) is 1.18. The Kier molecular flexibility index (Phi) is 9.21. The predicted octanol–water partition coefficient (Wildman–Crippen LogP) is 3.10. The van der Waals surface area contributed by atoms with E-state index in [9.17, 15) is 0 Å². The minimum atomic E-state index is 0.987. The van der Waals surface area contributed by atoms with E-state index in [0.29, 0.717) is 0 Å². The monoisotopic (exact) mass is 175 g/mol. The van der Waals surface area contributed by atoms with E-state index in [-0.39, 0.29) is 0 Å². The van der Waals surface area contributed by atoms with Crippen molar-refractivity contribution in [3.05, 3.63) is 0 Å². The van der Waals surface area contributed by atoms with Crippen molar-refractivity contribution >= 4 is 13.0 Å². The maximum atomic E-state index is 5.57. The van der Waals surface area contributed by atoms with Crippen molar-refractivity contribution in [3.8, 4) is 11.8 Å². The average molecular weight is 175 g/mol. The SMILES string of the molecule is [B]=C(C)CCCCCCC#CCC. The zero-order chi connectivity index (χ0) is 9.94. The van der Waals surface area contributed by atoms with Crippen LogP contribution in [0.3, 0.4) is 0 Å². The molecule has 0 aliphatic carbocycles. The van der Waals surface area contributed by atoms with Gasteiger partial charge in [0.2, 0.25) is 0 Å². The zero-order valence-corrected chi connectivity index (χ0v) is 9.03. The molecule has 0 nitrogen and oxygen atoms in total. The molecule has 0 aromatic rings. The van der Waals surface area contributed by atoms with E-state index in [1.807, 2.05) is 6.92 Å². The molecule has 0 saturated carbocycles. The summed E-state index contributed by atoms with van der Waals surface area (Å²) in [5.74, 6) is 6.24. The Balaban J connectivity index is 3.04. The van der Waals surface area contributed by atoms with Gasteiger partial charge in [-0.25, -0.2) is 0 Å². The van der Waals surface area contributed by atoms with Crippen LogP contribution in [0.15, 0.2) is 0 Å². The Morgan fingerprint density at radius 2 is 1.77 bits per heavy atom. The third kappa shape index (κ3) is 11.5. The molecule has 0 rings (SSSR count). The third-order valence-corrected chi connectivity index (χ3v) is 1.92. The molecule has 0 bridgehead atoms. The van der Waals surface area contributed by atoms with Crippen LogP contribution in [0, 0.1) is 11.8 Å². The van der Waals surface area contributed by atoms with E-state index in [1.165, 1.54) is 25.7 Å². The van der Waals surface area contributed by atoms with Crippen molar-refractivity contribution in [1.29, 1.82) is 0 Å². The Morgan fingerprint density at radius 1 is 1.08 bits per heavy atom. The average Bonchev–Trinajstić information content (AvgIpc) is 2.09. The molecule has 71 valence electrons. The van der Waals surface area contributed by atoms with Crippen LogP contribution in [0.5, 0.6) is 0 Å². The fourth-order valence-corrected chi connectivity index (χ4v) is 1.18. The molecule has 0 aromatic carbocycles. The van der Waals surface area contributed by atoms with Crippen LogP contribution in [0.1, 0.15) is 58.8 Å². The van der Waals surface area contributed by atoms with Gasteiger partial charge in [0, 0.05) is 0 Å². The Morgan fingerprint density at radius 3 is 2.38 bits per heavy atom. The molecule has 0 N–H and O–H groups in total. The van der Waals surface area contributed by atoms with Crippen LogP contribution in [0.25, 0.3) is 0 Å². The second kappa shape index (κ2) is 9.58. The van der Waals surface area contributed by atoms with E-state index in [1.54, 1.807) is 0 Å². The van der Waals surface area contributed by atoms with Gasteiger partial charge in [0.05, 0.1) is 0 Å². The summed E-state index contributed by atoms with van der Waals surface area (Å²) >= 11 is 0. The maximum absolute atomic E-state index is 5.57. The summed E-state index contributed by atoms with van der Waals surface area (Å²) in [5, 5.41) is 0. The number of hydrogen-bond acceptors (Lipinski definition) is 0. The van der Waals surface area contributed by atoms with E-state index >= 15 is 0 Å². The molecule has 0 heterocycles. The fraction of sp³-hybridized carbons (Fsp3) is 0.750. The van der Waals surface area contributed by atoms with E-state index in [0.717, 1.165) is 24.7 Å². The summed E-state index contributed by atoms with van der Waals surface area (Å²) in [7, 11) is 5.57. The van der Waals surface area contributed by atoms with Gasteiger partial charge in [0.1, 0.15) is 0 Å². The molecule has 0 spiro atoms. The van der Waals surface area contributed by atoms with Crippen molar-refractivity contribution in [2.75, 3.05) is 0 Å². The van der Waals surface area contributed by atoms with Gasteiger partial charge in [-0.2, -0.15) is 0 Å². The molecule has 0 unspecified atom stereocenters. The molecule has 0 aromatic heterocycles. The second-order valence-electron chi connectivity index (χ2n) is 3.47. The van der Waals surface area contributed by atoms with E-state index < -0.39 is 0 Å². The standard InChI is InChI=1S/C12H20B/c1-3-4-5-6-7-8-9-10-11-12(2)13/h3,6-11H2,1-2H3. The first-order valence-electron chi connectivity index (χ1n) is 5.31. The van der Waals surface area contributed by atoms with Crippen molar-refractivity contribution in [3.63, 3.8) is 0 Å². The quantitative estimate of drug-likeness (QED) is 0.330. The van der Waals surface area contributed by atoms with Crippen LogP contribution in [0.4, 0.5) is 0 Å². The van der Waals surface area contributed by atoms with Crippen LogP contribution in [0.2, 0.25) is 0 Å². The van der Waals surface area contributed by atoms with Gasteiger partial charge < -0.3 is 0 Å². The molecule has 1 heteroatoms. The molecule has 0 atom stereocenters. The van der Waals surface area contributed by atoms with E-state index in [2.05, 4.69) is 18.8 Å². The van der Waals surface area contributed by atoms with Gasteiger partial charge in [-0.3, -0.25) is 0 Å². The van der Waals surface area contributed by atoms with Crippen LogP contribution < -0.4 is 0 Å². The van der Waals surface area contributed by atoms with E-state index in [4.69, 9.17) is 7.49 Å². The van der Waals surface area contributed by atoms with Gasteiger partial charge in [0.15, 0.2) is 0 Å². The first-order chi connectivity index (χ1) is 6.27. The van der Waals surface area contributed by atoms with Crippen LogP contribution in [-0.2, 0) is 0 Å². The second-order valence-corrected chi connectivity index (χ2v) is 3.47. The van der Waals surface area contributed by atoms with Crippen molar-refractivity contribution in [1.82, 2.24) is 0 Å². The number of unbranched alkanes of at least 4 members (excludes halogenated alkanes) is 4. The topological polar surface area (TPSA) is 0 Å². The molecule has 1 radical (unpaired) electrons. The van der Waals surface area contributed by atoms with Crippen LogP contribution >= 0.6 is 0 Å². The first kappa shape index (κ1) is 12.5. The first-order valence-corrected chi connectivity index (χ1v) is 5.31. The molecule has 13 heavy (non-hydrogen) atoms. The summed E-state index contributed by atoms with van der Waals surface area (Å²) in [6.45, 7) is 4.08. The predicted molar refractivity (Wildman–Crippen MR) is 62.2 cm³/mol. The number of hydrogen-bond donors (Lipinski definition) is 0. The summed E-state index contributed by atoms with van der Waals surface area (Å²) < 4.78 is 0. The third-order valence-electron chi connectivity index (χ3n) is 1.92. The molecular formula is C12H20B. The Bertz CT molecular complexity index is 183. The molecule has 0 aliphatic rings. The zero-order valence-electron chi connectivity index (χ0n) is 9.03. The normalized spacial score (nSPS) is 9.00. The molecule has 0 saturated heterocycles. The molecule has 0 amide bonds. The Labute approximate surface area is 84.2 Å². The van der Waals surface area contributed by atoms with Crippen molar-refractivity contribution < 1.29 is 0 Å². The summed E-state index contributed by atoms with van der Waals surface area (Å²) in [4.78, 5) is 0. The van der Waals surface area contributed by atoms with Gasteiger partial charge in [-0.05, 0) is 0 Å². The number of rotatable bonds is 6. The summed E-state index contributed by atoms with van der Waals surface area (Å²) in [6.07, 6.45) is 8.22.